The maximum absolute atomic E-state index is 13.4. The Morgan fingerprint density at radius 2 is 2.12 bits per heavy atom. The second-order valence-corrected chi connectivity index (χ2v) is 4.28. The van der Waals surface area contributed by atoms with Gasteiger partial charge in [-0.1, -0.05) is 6.07 Å². The smallest absolute Gasteiger partial charge is 0.260 e. The summed E-state index contributed by atoms with van der Waals surface area (Å²) in [4.78, 5) is 0. The summed E-state index contributed by atoms with van der Waals surface area (Å²) in [6.45, 7) is 2.01. The van der Waals surface area contributed by atoms with Crippen molar-refractivity contribution < 1.29 is 18.6 Å². The zero-order valence-corrected chi connectivity index (χ0v) is 9.54. The van der Waals surface area contributed by atoms with Gasteiger partial charge in [-0.3, -0.25) is 0 Å². The van der Waals surface area contributed by atoms with Crippen LogP contribution in [0.15, 0.2) is 18.2 Å². The molecule has 1 aliphatic rings. The van der Waals surface area contributed by atoms with Gasteiger partial charge < -0.3 is 15.6 Å². The van der Waals surface area contributed by atoms with E-state index in [1.165, 1.54) is 18.2 Å². The van der Waals surface area contributed by atoms with Gasteiger partial charge >= 0.3 is 0 Å². The topological polar surface area (TPSA) is 55.5 Å². The summed E-state index contributed by atoms with van der Waals surface area (Å²) in [5.41, 5.74) is 4.59. The zero-order chi connectivity index (χ0) is 12.7. The Labute approximate surface area is 98.2 Å². The van der Waals surface area contributed by atoms with Gasteiger partial charge in [0.15, 0.2) is 11.5 Å². The molecule has 0 bridgehead atoms. The van der Waals surface area contributed by atoms with E-state index >= 15 is 0 Å². The Balaban J connectivity index is 2.37. The average Bonchev–Trinajstić information content (AvgIpc) is 2.86. The van der Waals surface area contributed by atoms with Crippen molar-refractivity contribution in [1.29, 1.82) is 0 Å². The minimum atomic E-state index is -2.76. The normalized spacial score (nSPS) is 25.6. The van der Waals surface area contributed by atoms with Crippen LogP contribution in [0.1, 0.15) is 18.9 Å². The van der Waals surface area contributed by atoms with Gasteiger partial charge in [0.25, 0.3) is 5.92 Å². The molecule has 0 radical (unpaired) electrons. The van der Waals surface area contributed by atoms with Crippen LogP contribution in [0.5, 0.6) is 11.5 Å². The Kier molecular flexibility index (Phi) is 2.73. The fourth-order valence-electron chi connectivity index (χ4n) is 2.07. The SMILES string of the molecule is CCOc1cc(C2(CN)CC2(F)F)ccc1O. The van der Waals surface area contributed by atoms with E-state index in [4.69, 9.17) is 10.5 Å². The van der Waals surface area contributed by atoms with Crippen LogP contribution in [0.2, 0.25) is 0 Å². The zero-order valence-electron chi connectivity index (χ0n) is 9.54. The fourth-order valence-corrected chi connectivity index (χ4v) is 2.07. The van der Waals surface area contributed by atoms with Gasteiger partial charge in [-0.05, 0) is 24.6 Å². The van der Waals surface area contributed by atoms with Gasteiger partial charge in [-0.2, -0.15) is 0 Å². The molecule has 0 heterocycles. The number of nitrogens with two attached hydrogens (primary N) is 1. The Bertz CT molecular complexity index is 437. The largest absolute Gasteiger partial charge is 0.504 e. The maximum atomic E-state index is 13.4. The second kappa shape index (κ2) is 3.84. The summed E-state index contributed by atoms with van der Waals surface area (Å²) in [6.07, 6.45) is -0.243. The number of phenols is 1. The summed E-state index contributed by atoms with van der Waals surface area (Å²) in [5.74, 6) is -2.59. The number of phenolic OH excluding ortho intramolecular Hbond substituents is 1. The van der Waals surface area contributed by atoms with E-state index in [0.717, 1.165) is 0 Å². The minimum absolute atomic E-state index is 0.0493. The Hall–Kier alpha value is -1.36. The lowest BCUT2D eigenvalue weighted by atomic mass is 9.95. The molecule has 1 atom stereocenters. The van der Waals surface area contributed by atoms with E-state index in [0.29, 0.717) is 12.2 Å². The van der Waals surface area contributed by atoms with Gasteiger partial charge in [-0.15, -0.1) is 0 Å². The van der Waals surface area contributed by atoms with Gasteiger partial charge in [-0.25, -0.2) is 8.78 Å². The summed E-state index contributed by atoms with van der Waals surface area (Å²) >= 11 is 0. The first-order valence-corrected chi connectivity index (χ1v) is 5.51. The van der Waals surface area contributed by atoms with E-state index in [2.05, 4.69) is 0 Å². The van der Waals surface area contributed by atoms with Gasteiger partial charge in [0.05, 0.1) is 12.0 Å². The highest BCUT2D eigenvalue weighted by molar-refractivity contribution is 5.48. The van der Waals surface area contributed by atoms with Crippen molar-refractivity contribution >= 4 is 0 Å². The first-order valence-electron chi connectivity index (χ1n) is 5.51. The van der Waals surface area contributed by atoms with Gasteiger partial charge in [0.1, 0.15) is 0 Å². The van der Waals surface area contributed by atoms with E-state index < -0.39 is 11.3 Å². The number of benzene rings is 1. The molecule has 94 valence electrons. The van der Waals surface area contributed by atoms with Crippen LogP contribution in [-0.4, -0.2) is 24.2 Å². The molecule has 0 spiro atoms. The molecule has 1 aromatic rings. The lowest BCUT2D eigenvalue weighted by Gasteiger charge is -2.16. The molecule has 0 saturated heterocycles. The van der Waals surface area contributed by atoms with Crippen LogP contribution in [0.4, 0.5) is 8.78 Å². The van der Waals surface area contributed by atoms with Crippen LogP contribution in [0, 0.1) is 0 Å². The molecule has 1 unspecified atom stereocenters. The van der Waals surface area contributed by atoms with Crippen molar-refractivity contribution in [2.24, 2.45) is 5.73 Å². The monoisotopic (exact) mass is 243 g/mol. The number of aromatic hydroxyl groups is 1. The highest BCUT2D eigenvalue weighted by atomic mass is 19.3. The maximum Gasteiger partial charge on any atom is 0.260 e. The molecule has 3 nitrogen and oxygen atoms in total. The molecule has 3 N–H and O–H groups in total. The number of alkyl halides is 2. The minimum Gasteiger partial charge on any atom is -0.504 e. The van der Waals surface area contributed by atoms with Crippen molar-refractivity contribution in [1.82, 2.24) is 0 Å². The number of hydrogen-bond donors (Lipinski definition) is 2. The quantitative estimate of drug-likeness (QED) is 0.850. The molecular formula is C12H15F2NO2. The lowest BCUT2D eigenvalue weighted by Crippen LogP contribution is -2.26. The van der Waals surface area contributed by atoms with Crippen LogP contribution >= 0.6 is 0 Å². The van der Waals surface area contributed by atoms with Gasteiger partial charge in [0.2, 0.25) is 0 Å². The van der Waals surface area contributed by atoms with E-state index in [9.17, 15) is 13.9 Å². The van der Waals surface area contributed by atoms with Crippen molar-refractivity contribution in [3.8, 4) is 11.5 Å². The Morgan fingerprint density at radius 1 is 1.47 bits per heavy atom. The molecular weight excluding hydrogens is 228 g/mol. The summed E-state index contributed by atoms with van der Waals surface area (Å²) in [7, 11) is 0. The third-order valence-corrected chi connectivity index (χ3v) is 3.26. The first kappa shape index (κ1) is 12.1. The molecule has 0 aromatic heterocycles. The lowest BCUT2D eigenvalue weighted by molar-refractivity contribution is 0.0895. The highest BCUT2D eigenvalue weighted by Gasteiger charge is 2.71. The number of hydrogen-bond acceptors (Lipinski definition) is 3. The summed E-state index contributed by atoms with van der Waals surface area (Å²) in [5, 5.41) is 9.51. The van der Waals surface area contributed by atoms with E-state index in [1.807, 2.05) is 0 Å². The van der Waals surface area contributed by atoms with Crippen molar-refractivity contribution in [2.45, 2.75) is 24.7 Å². The number of rotatable bonds is 4. The second-order valence-electron chi connectivity index (χ2n) is 4.28. The van der Waals surface area contributed by atoms with Crippen LogP contribution < -0.4 is 10.5 Å². The van der Waals surface area contributed by atoms with E-state index in [-0.39, 0.29) is 24.5 Å². The predicted molar refractivity (Wildman–Crippen MR) is 59.6 cm³/mol. The van der Waals surface area contributed by atoms with Crippen LogP contribution in [0.25, 0.3) is 0 Å². The fraction of sp³-hybridized carbons (Fsp3) is 0.500. The number of halogens is 2. The van der Waals surface area contributed by atoms with Crippen LogP contribution in [-0.2, 0) is 5.41 Å². The third kappa shape index (κ3) is 1.74. The van der Waals surface area contributed by atoms with E-state index in [1.54, 1.807) is 6.92 Å². The average molecular weight is 243 g/mol. The standard InChI is InChI=1S/C12H15F2NO2/c1-2-17-10-5-8(3-4-9(10)16)11(7-15)6-12(11,13)14/h3-5,16H,2,6-7,15H2,1H3. The molecule has 1 aromatic carbocycles. The van der Waals surface area contributed by atoms with Crippen LogP contribution in [0.3, 0.4) is 0 Å². The molecule has 5 heteroatoms. The third-order valence-electron chi connectivity index (χ3n) is 3.26. The molecule has 17 heavy (non-hydrogen) atoms. The van der Waals surface area contributed by atoms with Crippen molar-refractivity contribution in [3.63, 3.8) is 0 Å². The summed E-state index contributed by atoms with van der Waals surface area (Å²) in [6, 6.07) is 4.30. The van der Waals surface area contributed by atoms with Crippen molar-refractivity contribution in [3.05, 3.63) is 23.8 Å². The molecule has 2 rings (SSSR count). The van der Waals surface area contributed by atoms with Gasteiger partial charge in [0, 0.05) is 13.0 Å². The molecule has 1 fully saturated rings. The van der Waals surface area contributed by atoms with Crippen molar-refractivity contribution in [2.75, 3.05) is 13.2 Å². The first-order chi connectivity index (χ1) is 7.97. The summed E-state index contributed by atoms with van der Waals surface area (Å²) < 4.78 is 31.9. The molecule has 1 saturated carbocycles. The molecule has 0 aliphatic heterocycles. The number of ether oxygens (including phenoxy) is 1. The molecule has 1 aliphatic carbocycles. The Morgan fingerprint density at radius 3 is 2.59 bits per heavy atom. The predicted octanol–water partition coefficient (Wildman–Crippen LogP) is 2.03. The molecule has 0 amide bonds. The highest BCUT2D eigenvalue weighted by Crippen LogP contribution is 2.61.